The Balaban J connectivity index is 2.54. The summed E-state index contributed by atoms with van der Waals surface area (Å²) in [6.45, 7) is 4.01. The van der Waals surface area contributed by atoms with Gasteiger partial charge in [-0.1, -0.05) is 12.8 Å². The normalized spacial score (nSPS) is 26.9. The van der Waals surface area contributed by atoms with Crippen molar-refractivity contribution in [2.75, 3.05) is 13.1 Å². The number of rotatable bonds is 3. The molecule has 12 heavy (non-hydrogen) atoms. The minimum absolute atomic E-state index is 0.307. The third-order valence-corrected chi connectivity index (χ3v) is 2.67. The fourth-order valence-corrected chi connectivity index (χ4v) is 1.97. The van der Waals surface area contributed by atoms with E-state index in [0.717, 1.165) is 19.5 Å². The van der Waals surface area contributed by atoms with Crippen molar-refractivity contribution < 1.29 is 0 Å². The Bertz CT molecular complexity index is 171. The van der Waals surface area contributed by atoms with E-state index < -0.39 is 0 Å². The lowest BCUT2D eigenvalue weighted by Crippen LogP contribution is -2.41. The van der Waals surface area contributed by atoms with Crippen molar-refractivity contribution in [2.45, 2.75) is 38.3 Å². The van der Waals surface area contributed by atoms with E-state index in [1.165, 1.54) is 12.8 Å². The summed E-state index contributed by atoms with van der Waals surface area (Å²) in [5, 5.41) is 0. The highest BCUT2D eigenvalue weighted by Crippen LogP contribution is 2.20. The van der Waals surface area contributed by atoms with Gasteiger partial charge in [0, 0.05) is 12.6 Å². The van der Waals surface area contributed by atoms with Crippen molar-refractivity contribution in [1.82, 2.24) is 4.90 Å². The third kappa shape index (κ3) is 1.80. The summed E-state index contributed by atoms with van der Waals surface area (Å²) in [6, 6.07) is 0.840. The molecule has 0 radical (unpaired) electrons. The van der Waals surface area contributed by atoms with E-state index in [1.807, 2.05) is 0 Å². The Morgan fingerprint density at radius 1 is 1.75 bits per heavy atom. The third-order valence-electron chi connectivity index (χ3n) is 2.67. The lowest BCUT2D eigenvalue weighted by atomic mass is 10.1. The first kappa shape index (κ1) is 9.57. The van der Waals surface area contributed by atoms with E-state index in [2.05, 4.69) is 17.7 Å². The van der Waals surface area contributed by atoms with Crippen molar-refractivity contribution in [3.63, 3.8) is 0 Å². The van der Waals surface area contributed by atoms with Crippen LogP contribution in [0.15, 0.2) is 0 Å². The first-order chi connectivity index (χ1) is 5.83. The van der Waals surface area contributed by atoms with E-state index in [4.69, 9.17) is 12.2 Å². The minimum atomic E-state index is 0.307. The lowest BCUT2D eigenvalue weighted by Gasteiger charge is -2.28. The molecular formula is C10H18N2. The molecule has 0 aromatic rings. The van der Waals surface area contributed by atoms with Crippen LogP contribution >= 0.6 is 0 Å². The van der Waals surface area contributed by atoms with Crippen molar-refractivity contribution >= 4 is 0 Å². The van der Waals surface area contributed by atoms with Crippen LogP contribution in [-0.2, 0) is 0 Å². The fourth-order valence-electron chi connectivity index (χ4n) is 1.97. The molecule has 1 aliphatic heterocycles. The molecule has 2 heteroatoms. The van der Waals surface area contributed by atoms with Crippen molar-refractivity contribution in [2.24, 2.45) is 5.73 Å². The molecule has 68 valence electrons. The summed E-state index contributed by atoms with van der Waals surface area (Å²) in [6.07, 6.45) is 8.95. The number of hydrogen-bond donors (Lipinski definition) is 1. The second-order valence-electron chi connectivity index (χ2n) is 3.36. The molecule has 2 N–H and O–H groups in total. The van der Waals surface area contributed by atoms with E-state index >= 15 is 0 Å². The van der Waals surface area contributed by atoms with E-state index in [0.29, 0.717) is 12.1 Å². The zero-order valence-corrected chi connectivity index (χ0v) is 7.79. The molecule has 1 saturated heterocycles. The van der Waals surface area contributed by atoms with Crippen LogP contribution in [0.1, 0.15) is 26.2 Å². The van der Waals surface area contributed by atoms with Crippen LogP contribution in [0, 0.1) is 12.3 Å². The minimum Gasteiger partial charge on any atom is -0.329 e. The second-order valence-corrected chi connectivity index (χ2v) is 3.36. The average Bonchev–Trinajstić information content (AvgIpc) is 2.55. The average molecular weight is 166 g/mol. The molecule has 0 aromatic carbocycles. The predicted molar refractivity (Wildman–Crippen MR) is 51.7 cm³/mol. The lowest BCUT2D eigenvalue weighted by molar-refractivity contribution is 0.217. The van der Waals surface area contributed by atoms with Crippen LogP contribution in [0.25, 0.3) is 0 Å². The Morgan fingerprint density at radius 2 is 2.50 bits per heavy atom. The number of nitrogens with two attached hydrogens (primary N) is 1. The van der Waals surface area contributed by atoms with Gasteiger partial charge in [-0.05, 0) is 25.8 Å². The van der Waals surface area contributed by atoms with Gasteiger partial charge in [0.1, 0.15) is 0 Å². The van der Waals surface area contributed by atoms with Gasteiger partial charge in [0.05, 0.1) is 6.04 Å². The second kappa shape index (κ2) is 4.49. The molecular weight excluding hydrogens is 148 g/mol. The van der Waals surface area contributed by atoms with Crippen molar-refractivity contribution in [3.8, 4) is 12.3 Å². The van der Waals surface area contributed by atoms with E-state index in [9.17, 15) is 0 Å². The molecule has 2 atom stereocenters. The molecule has 0 amide bonds. The Labute approximate surface area is 75.1 Å². The van der Waals surface area contributed by atoms with Gasteiger partial charge in [0.25, 0.3) is 0 Å². The quantitative estimate of drug-likeness (QED) is 0.629. The maximum Gasteiger partial charge on any atom is 0.0712 e. The fraction of sp³-hybridized carbons (Fsp3) is 0.800. The number of terminal acetylenes is 1. The van der Waals surface area contributed by atoms with Gasteiger partial charge in [-0.2, -0.15) is 0 Å². The van der Waals surface area contributed by atoms with Crippen molar-refractivity contribution in [3.05, 3.63) is 0 Å². The van der Waals surface area contributed by atoms with E-state index in [1.54, 1.807) is 0 Å². The van der Waals surface area contributed by atoms with Crippen LogP contribution in [-0.4, -0.2) is 30.1 Å². The molecule has 0 aromatic heterocycles. The molecule has 0 aliphatic carbocycles. The molecule has 0 spiro atoms. The first-order valence-corrected chi connectivity index (χ1v) is 4.75. The van der Waals surface area contributed by atoms with Crippen LogP contribution in [0.3, 0.4) is 0 Å². The standard InChI is InChI=1S/C10H18N2/c1-3-9(4-2)12-7-5-6-10(12)8-11/h1,9-10H,4-8,11H2,2H3. The topological polar surface area (TPSA) is 29.3 Å². The van der Waals surface area contributed by atoms with Crippen LogP contribution in [0.2, 0.25) is 0 Å². The van der Waals surface area contributed by atoms with Crippen LogP contribution < -0.4 is 5.73 Å². The van der Waals surface area contributed by atoms with Crippen molar-refractivity contribution in [1.29, 1.82) is 0 Å². The summed E-state index contributed by atoms with van der Waals surface area (Å²) < 4.78 is 0. The number of nitrogens with zero attached hydrogens (tertiary/aromatic N) is 1. The highest BCUT2D eigenvalue weighted by atomic mass is 15.2. The SMILES string of the molecule is C#CC(CC)N1CCCC1CN. The summed E-state index contributed by atoms with van der Waals surface area (Å²) in [5.41, 5.74) is 5.66. The zero-order valence-electron chi connectivity index (χ0n) is 7.79. The summed E-state index contributed by atoms with van der Waals surface area (Å²) in [4.78, 5) is 2.38. The molecule has 0 bridgehead atoms. The Hall–Kier alpha value is -0.520. The van der Waals surface area contributed by atoms with Crippen LogP contribution in [0.4, 0.5) is 0 Å². The maximum atomic E-state index is 5.66. The summed E-state index contributed by atoms with van der Waals surface area (Å²) in [7, 11) is 0. The Morgan fingerprint density at radius 3 is 3.00 bits per heavy atom. The predicted octanol–water partition coefficient (Wildman–Crippen LogP) is 0.821. The molecule has 1 rings (SSSR count). The highest BCUT2D eigenvalue weighted by molar-refractivity contribution is 5.02. The summed E-state index contributed by atoms with van der Waals surface area (Å²) in [5.74, 6) is 2.83. The van der Waals surface area contributed by atoms with Gasteiger partial charge in [0.15, 0.2) is 0 Å². The smallest absolute Gasteiger partial charge is 0.0712 e. The Kier molecular flexibility index (Phi) is 3.58. The molecule has 1 fully saturated rings. The van der Waals surface area contributed by atoms with Gasteiger partial charge in [0.2, 0.25) is 0 Å². The number of likely N-dealkylation sites (tertiary alicyclic amines) is 1. The van der Waals surface area contributed by atoms with E-state index in [-0.39, 0.29) is 0 Å². The molecule has 0 saturated carbocycles. The zero-order chi connectivity index (χ0) is 8.97. The molecule has 1 aliphatic rings. The molecule has 2 nitrogen and oxygen atoms in total. The van der Waals surface area contributed by atoms with Gasteiger partial charge in [-0.15, -0.1) is 6.42 Å². The number of hydrogen-bond acceptors (Lipinski definition) is 2. The van der Waals surface area contributed by atoms with Gasteiger partial charge in [-0.25, -0.2) is 0 Å². The first-order valence-electron chi connectivity index (χ1n) is 4.75. The molecule has 1 heterocycles. The van der Waals surface area contributed by atoms with Crippen LogP contribution in [0.5, 0.6) is 0 Å². The largest absolute Gasteiger partial charge is 0.329 e. The molecule has 2 unspecified atom stereocenters. The monoisotopic (exact) mass is 166 g/mol. The van der Waals surface area contributed by atoms with Gasteiger partial charge in [-0.3, -0.25) is 4.90 Å². The van der Waals surface area contributed by atoms with Gasteiger partial charge < -0.3 is 5.73 Å². The maximum absolute atomic E-state index is 5.66. The van der Waals surface area contributed by atoms with Gasteiger partial charge >= 0.3 is 0 Å². The highest BCUT2D eigenvalue weighted by Gasteiger charge is 2.27. The summed E-state index contributed by atoms with van der Waals surface area (Å²) >= 11 is 0.